The van der Waals surface area contributed by atoms with Crippen LogP contribution in [0.1, 0.15) is 29.5 Å². The van der Waals surface area contributed by atoms with Crippen LogP contribution in [0.3, 0.4) is 0 Å². The Labute approximate surface area is 198 Å². The number of anilines is 2. The summed E-state index contributed by atoms with van der Waals surface area (Å²) < 4.78 is 28.0. The zero-order chi connectivity index (χ0) is 22.5. The first-order valence-electron chi connectivity index (χ1n) is 10.4. The number of nitrogens with one attached hydrogen (secondary N) is 1. The van der Waals surface area contributed by atoms with Gasteiger partial charge in [0.25, 0.3) is 10.0 Å². The highest BCUT2D eigenvalue weighted by Gasteiger charge is 2.40. The first-order valence-corrected chi connectivity index (χ1v) is 12.6. The van der Waals surface area contributed by atoms with Gasteiger partial charge in [0.1, 0.15) is 0 Å². The molecule has 3 aromatic rings. The monoisotopic (exact) mass is 484 g/mol. The fraction of sp³-hybridized carbons (Fsp3) is 0.200. The lowest BCUT2D eigenvalue weighted by molar-refractivity contribution is 0.425. The van der Waals surface area contributed by atoms with Crippen LogP contribution in [0, 0.1) is 5.92 Å². The summed E-state index contributed by atoms with van der Waals surface area (Å²) in [4.78, 5) is 0.276. The van der Waals surface area contributed by atoms with E-state index in [2.05, 4.69) is 17.5 Å². The predicted molar refractivity (Wildman–Crippen MR) is 131 cm³/mol. The van der Waals surface area contributed by atoms with Crippen LogP contribution in [-0.2, 0) is 10.0 Å². The topological polar surface area (TPSA) is 49.4 Å². The highest BCUT2D eigenvalue weighted by molar-refractivity contribution is 7.92. The largest absolute Gasteiger partial charge is 0.378 e. The third-order valence-electron chi connectivity index (χ3n) is 6.42. The molecule has 3 unspecified atom stereocenters. The minimum atomic E-state index is -3.69. The number of rotatable bonds is 4. The lowest BCUT2D eigenvalue weighted by Crippen LogP contribution is -2.30. The molecule has 0 radical (unpaired) electrons. The third kappa shape index (κ3) is 3.49. The van der Waals surface area contributed by atoms with Gasteiger partial charge in [-0.3, -0.25) is 4.31 Å². The van der Waals surface area contributed by atoms with Gasteiger partial charge in [-0.2, -0.15) is 0 Å². The van der Waals surface area contributed by atoms with Gasteiger partial charge in [0, 0.05) is 34.3 Å². The fourth-order valence-electron chi connectivity index (χ4n) is 4.76. The predicted octanol–water partition coefficient (Wildman–Crippen LogP) is 6.65. The van der Waals surface area contributed by atoms with Crippen LogP contribution in [0.25, 0.3) is 0 Å². The van der Waals surface area contributed by atoms with Crippen molar-refractivity contribution in [2.75, 3.05) is 16.7 Å². The Morgan fingerprint density at radius 2 is 1.69 bits per heavy atom. The van der Waals surface area contributed by atoms with Gasteiger partial charge in [0.2, 0.25) is 0 Å². The van der Waals surface area contributed by atoms with Crippen molar-refractivity contribution >= 4 is 44.6 Å². The average molecular weight is 485 g/mol. The normalized spacial score (nSPS) is 21.5. The van der Waals surface area contributed by atoms with E-state index < -0.39 is 10.0 Å². The van der Waals surface area contributed by atoms with E-state index in [-0.39, 0.29) is 22.8 Å². The average Bonchev–Trinajstić information content (AvgIpc) is 3.29. The number of para-hydroxylation sites is 1. The van der Waals surface area contributed by atoms with Crippen LogP contribution in [0.4, 0.5) is 11.4 Å². The standard InChI is InChI=1S/C25H22Cl2N2O2S/c1-29(16-7-3-2-4-8-16)32(30,31)17-13-14-23-20(15-17)18-9-5-10-19(18)25(28-23)24-21(26)11-6-12-22(24)27/h2-9,11-15,18-19,25,28H,10H2,1H3. The molecule has 1 aliphatic carbocycles. The number of hydrogen-bond donors (Lipinski definition) is 1. The maximum atomic E-state index is 13.3. The van der Waals surface area contributed by atoms with E-state index in [0.29, 0.717) is 15.7 Å². The lowest BCUT2D eigenvalue weighted by atomic mass is 9.77. The molecule has 3 atom stereocenters. The van der Waals surface area contributed by atoms with E-state index in [1.54, 1.807) is 31.3 Å². The Morgan fingerprint density at radius 1 is 0.969 bits per heavy atom. The smallest absolute Gasteiger partial charge is 0.264 e. The molecular formula is C25H22Cl2N2O2S. The van der Waals surface area contributed by atoms with Crippen molar-refractivity contribution in [1.82, 2.24) is 0 Å². The van der Waals surface area contributed by atoms with Crippen molar-refractivity contribution in [3.63, 3.8) is 0 Å². The molecule has 0 aromatic heterocycles. The highest BCUT2D eigenvalue weighted by atomic mass is 35.5. The Kier molecular flexibility index (Phi) is 5.44. The molecule has 4 nitrogen and oxygen atoms in total. The van der Waals surface area contributed by atoms with E-state index in [4.69, 9.17) is 23.2 Å². The van der Waals surface area contributed by atoms with Crippen LogP contribution in [0.2, 0.25) is 10.0 Å². The first kappa shape index (κ1) is 21.4. The van der Waals surface area contributed by atoms with E-state index in [1.807, 2.05) is 42.5 Å². The summed E-state index contributed by atoms with van der Waals surface area (Å²) in [5, 5.41) is 4.85. The van der Waals surface area contributed by atoms with Gasteiger partial charge in [0.05, 0.1) is 16.6 Å². The van der Waals surface area contributed by atoms with Gasteiger partial charge < -0.3 is 5.32 Å². The van der Waals surface area contributed by atoms with Crippen molar-refractivity contribution in [3.05, 3.63) is 100 Å². The molecule has 7 heteroatoms. The summed E-state index contributed by atoms with van der Waals surface area (Å²) in [5.74, 6) is 0.283. The zero-order valence-corrected chi connectivity index (χ0v) is 19.7. The minimum absolute atomic E-state index is 0.0573. The summed E-state index contributed by atoms with van der Waals surface area (Å²) in [6.45, 7) is 0. The lowest BCUT2D eigenvalue weighted by Gasteiger charge is -2.38. The van der Waals surface area contributed by atoms with Gasteiger partial charge >= 0.3 is 0 Å². The number of hydrogen-bond acceptors (Lipinski definition) is 3. The molecule has 3 aromatic carbocycles. The summed E-state index contributed by atoms with van der Waals surface area (Å²) >= 11 is 13.1. The van der Waals surface area contributed by atoms with Crippen molar-refractivity contribution in [3.8, 4) is 0 Å². The molecule has 0 saturated heterocycles. The number of nitrogens with zero attached hydrogens (tertiary/aromatic N) is 1. The molecule has 1 N–H and O–H groups in total. The van der Waals surface area contributed by atoms with Crippen molar-refractivity contribution in [1.29, 1.82) is 0 Å². The number of halogens is 2. The molecule has 0 spiro atoms. The quantitative estimate of drug-likeness (QED) is 0.421. The van der Waals surface area contributed by atoms with E-state index in [1.165, 1.54) is 4.31 Å². The number of fused-ring (bicyclic) bond motifs is 3. The molecule has 32 heavy (non-hydrogen) atoms. The summed E-state index contributed by atoms with van der Waals surface area (Å²) in [7, 11) is -2.11. The SMILES string of the molecule is CN(c1ccccc1)S(=O)(=O)c1ccc2c(c1)C1C=CCC1C(c1c(Cl)cccc1Cl)N2. The molecule has 1 aliphatic heterocycles. The van der Waals surface area contributed by atoms with Gasteiger partial charge in [-0.05, 0) is 60.4 Å². The van der Waals surface area contributed by atoms with E-state index >= 15 is 0 Å². The van der Waals surface area contributed by atoms with Gasteiger partial charge in [-0.15, -0.1) is 0 Å². The zero-order valence-electron chi connectivity index (χ0n) is 17.4. The molecule has 164 valence electrons. The second-order valence-corrected chi connectivity index (χ2v) is 11.0. The van der Waals surface area contributed by atoms with Crippen molar-refractivity contribution in [2.24, 2.45) is 5.92 Å². The Balaban J connectivity index is 1.55. The van der Waals surface area contributed by atoms with Crippen LogP contribution >= 0.6 is 23.2 Å². The number of allylic oxidation sites excluding steroid dienone is 2. The minimum Gasteiger partial charge on any atom is -0.378 e. The number of benzene rings is 3. The molecule has 1 heterocycles. The van der Waals surface area contributed by atoms with Crippen LogP contribution in [0.5, 0.6) is 0 Å². The number of sulfonamides is 1. The van der Waals surface area contributed by atoms with Crippen LogP contribution in [-0.4, -0.2) is 15.5 Å². The first-order chi connectivity index (χ1) is 15.4. The molecular weight excluding hydrogens is 463 g/mol. The second kappa shape index (κ2) is 8.14. The van der Waals surface area contributed by atoms with Crippen molar-refractivity contribution < 1.29 is 8.42 Å². The second-order valence-electron chi connectivity index (χ2n) is 8.17. The maximum Gasteiger partial charge on any atom is 0.264 e. The Morgan fingerprint density at radius 3 is 2.41 bits per heavy atom. The van der Waals surface area contributed by atoms with Gasteiger partial charge in [0.15, 0.2) is 0 Å². The van der Waals surface area contributed by atoms with Crippen LogP contribution < -0.4 is 9.62 Å². The molecule has 0 fully saturated rings. The fourth-order valence-corrected chi connectivity index (χ4v) is 6.63. The summed E-state index contributed by atoms with van der Waals surface area (Å²) in [6.07, 6.45) is 5.19. The molecule has 0 saturated carbocycles. The highest BCUT2D eigenvalue weighted by Crippen LogP contribution is 2.52. The molecule has 5 rings (SSSR count). The molecule has 0 amide bonds. The molecule has 2 aliphatic rings. The summed E-state index contributed by atoms with van der Waals surface area (Å²) in [5.41, 5.74) is 3.39. The van der Waals surface area contributed by atoms with E-state index in [0.717, 1.165) is 23.2 Å². The van der Waals surface area contributed by atoms with Crippen molar-refractivity contribution in [2.45, 2.75) is 23.3 Å². The third-order valence-corrected chi connectivity index (χ3v) is 8.86. The Bertz CT molecular complexity index is 1290. The van der Waals surface area contributed by atoms with Gasteiger partial charge in [-0.1, -0.05) is 59.6 Å². The van der Waals surface area contributed by atoms with Crippen LogP contribution in [0.15, 0.2) is 83.8 Å². The maximum absolute atomic E-state index is 13.3. The van der Waals surface area contributed by atoms with Gasteiger partial charge in [-0.25, -0.2) is 8.42 Å². The summed E-state index contributed by atoms with van der Waals surface area (Å²) in [6, 6.07) is 19.9. The Hall–Kier alpha value is -2.47. The van der Waals surface area contributed by atoms with E-state index in [9.17, 15) is 8.42 Å². The molecule has 0 bridgehead atoms.